The van der Waals surface area contributed by atoms with Crippen molar-refractivity contribution in [2.24, 2.45) is 23.7 Å². The Morgan fingerprint density at radius 2 is 1.37 bits per heavy atom. The minimum Gasteiger partial charge on any atom is -0.453 e. The number of carbonyl (C=O) groups is 4. The monoisotopic (exact) mass is 932 g/mol. The molecule has 4 N–H and O–H groups in total. The standard InChI is InChI=1S/C51H61FN8O8/c1-26(2)41(57-47(63)65-5)44(61)59-25-32(52)22-49(59)16-15-34(49)43-53-23-35(55-43)28-7-11-37-39(19-28)68-40-20-29(8-12-38(40)67-37)36-24-54-46(56-36)50-17-13-30(50)14-18-51(50)31-9-10-33(21-31)60(51)45(62)42(27(3)4)58-48(64)66-6/h7-8,11-12,19-20,23-24,26-27,30-34,41-42H,9-10,13-18,21-22,25H2,1-6H3,(H,53,55)(H,54,56)(H,57,63)(H,58,64)/t30?,31?,32-,33?,34?,41+,42+,49-,50?,51-/m1/s1. The number of alkyl carbamates (subject to hydrolysis) is 2. The van der Waals surface area contributed by atoms with Gasteiger partial charge in [0.25, 0.3) is 0 Å². The third-order valence-electron chi connectivity index (χ3n) is 17.3. The quantitative estimate of drug-likeness (QED) is 0.106. The summed E-state index contributed by atoms with van der Waals surface area (Å²) >= 11 is 0. The van der Waals surface area contributed by atoms with Gasteiger partial charge >= 0.3 is 12.2 Å². The number of carbonyl (C=O) groups excluding carboxylic acids is 4. The maximum atomic E-state index is 15.3. The zero-order valence-electron chi connectivity index (χ0n) is 39.5. The van der Waals surface area contributed by atoms with Gasteiger partial charge in [-0.15, -0.1) is 0 Å². The second-order valence-corrected chi connectivity index (χ2v) is 21.1. The van der Waals surface area contributed by atoms with E-state index in [0.717, 1.165) is 79.7 Å². The molecule has 5 unspecified atom stereocenters. The Kier molecular flexibility index (Phi) is 10.6. The van der Waals surface area contributed by atoms with E-state index in [0.29, 0.717) is 47.1 Å². The fraction of sp³-hybridized carbons (Fsp3) is 0.569. The zero-order valence-corrected chi connectivity index (χ0v) is 39.5. The van der Waals surface area contributed by atoms with E-state index in [4.69, 9.17) is 28.9 Å². The van der Waals surface area contributed by atoms with Gasteiger partial charge in [-0.3, -0.25) is 9.59 Å². The average Bonchev–Trinajstić information content (AvgIpc) is 4.19. The fourth-order valence-corrected chi connectivity index (χ4v) is 14.0. The number of imidazole rings is 2. The lowest BCUT2D eigenvalue weighted by Crippen LogP contribution is -2.70. The number of hydrogen-bond donors (Lipinski definition) is 4. The van der Waals surface area contributed by atoms with Crippen LogP contribution in [-0.4, -0.2) is 110 Å². The number of nitrogens with zero attached hydrogens (tertiary/aromatic N) is 4. The van der Waals surface area contributed by atoms with Gasteiger partial charge in [-0.2, -0.15) is 0 Å². The summed E-state index contributed by atoms with van der Waals surface area (Å²) in [7, 11) is 2.58. The number of benzene rings is 2. The Bertz CT molecular complexity index is 2690. The summed E-state index contributed by atoms with van der Waals surface area (Å²) in [4.78, 5) is 74.4. The lowest BCUT2D eigenvalue weighted by Gasteiger charge is -2.60. The van der Waals surface area contributed by atoms with Gasteiger partial charge in [0.15, 0.2) is 23.0 Å². The van der Waals surface area contributed by atoms with E-state index in [1.54, 1.807) is 11.1 Å². The first-order valence-electron chi connectivity index (χ1n) is 24.4. The number of alkyl halides is 1. The van der Waals surface area contributed by atoms with Gasteiger partial charge in [-0.1, -0.05) is 27.7 Å². The Labute approximate surface area is 394 Å². The molecule has 10 atom stereocenters. The molecule has 11 rings (SSSR count). The number of piperidine rings is 1. The lowest BCUT2D eigenvalue weighted by atomic mass is 9.51. The van der Waals surface area contributed by atoms with Crippen molar-refractivity contribution < 1.29 is 42.5 Å². The molecular formula is C51H61FN8O8. The highest BCUT2D eigenvalue weighted by Crippen LogP contribution is 2.72. The van der Waals surface area contributed by atoms with Crippen LogP contribution in [0.2, 0.25) is 0 Å². The van der Waals surface area contributed by atoms with E-state index in [9.17, 15) is 19.2 Å². The van der Waals surface area contributed by atoms with Crippen molar-refractivity contribution in [3.63, 3.8) is 0 Å². The van der Waals surface area contributed by atoms with Crippen molar-refractivity contribution in [2.75, 3.05) is 20.8 Å². The van der Waals surface area contributed by atoms with Gasteiger partial charge in [0.05, 0.1) is 61.0 Å². The van der Waals surface area contributed by atoms with Crippen molar-refractivity contribution in [2.45, 2.75) is 139 Å². The van der Waals surface area contributed by atoms with Crippen molar-refractivity contribution in [1.29, 1.82) is 0 Å². The molecule has 2 spiro atoms. The SMILES string of the molecule is COC(=O)N[C@H](C(=O)N1C[C@H](F)C[C@@]12CCC2c1ncc(-c2ccc3c(c2)Oc2cc(-c4cnc(C56CCC5CC[C@@]65C6CCC(C6)N5C(=O)[C@@H](NC(=O)OC)C(C)C)[nH]4)ccc2O3)[nH]1)C(C)C. The van der Waals surface area contributed by atoms with Crippen molar-refractivity contribution in [3.8, 4) is 45.5 Å². The minimum absolute atomic E-state index is 0.0149. The molecular weight excluding hydrogens is 872 g/mol. The van der Waals surface area contributed by atoms with E-state index < -0.39 is 36.0 Å². The lowest BCUT2D eigenvalue weighted by molar-refractivity contribution is -0.152. The summed E-state index contributed by atoms with van der Waals surface area (Å²) in [5, 5.41) is 5.53. The highest BCUT2D eigenvalue weighted by atomic mass is 19.1. The average molecular weight is 933 g/mol. The molecule has 360 valence electrons. The van der Waals surface area contributed by atoms with Crippen LogP contribution in [0.25, 0.3) is 22.5 Å². The molecule has 2 aromatic heterocycles. The largest absolute Gasteiger partial charge is 0.453 e. The molecule has 2 bridgehead atoms. The van der Waals surface area contributed by atoms with E-state index in [-0.39, 0.29) is 59.5 Å². The first-order chi connectivity index (χ1) is 32.7. The molecule has 4 aliphatic carbocycles. The molecule has 2 aromatic carbocycles. The summed E-state index contributed by atoms with van der Waals surface area (Å²) in [5.74, 6) is 3.71. The minimum atomic E-state index is -1.19. The molecule has 4 amide bonds. The Hall–Kier alpha value is -6.13. The number of ether oxygens (including phenoxy) is 4. The first-order valence-corrected chi connectivity index (χ1v) is 24.4. The summed E-state index contributed by atoms with van der Waals surface area (Å²) < 4.78 is 38.0. The second kappa shape index (κ2) is 16.3. The highest BCUT2D eigenvalue weighted by molar-refractivity contribution is 5.88. The highest BCUT2D eigenvalue weighted by Gasteiger charge is 2.76. The molecule has 68 heavy (non-hydrogen) atoms. The molecule has 17 heteroatoms. The van der Waals surface area contributed by atoms with Crippen molar-refractivity contribution >= 4 is 24.0 Å². The van der Waals surface area contributed by atoms with Crippen LogP contribution >= 0.6 is 0 Å². The van der Waals surface area contributed by atoms with Gasteiger partial charge < -0.3 is 49.3 Å². The summed E-state index contributed by atoms with van der Waals surface area (Å²) in [6.45, 7) is 7.59. The maximum absolute atomic E-state index is 15.3. The third-order valence-corrected chi connectivity index (χ3v) is 17.3. The van der Waals surface area contributed by atoms with Crippen LogP contribution in [0.5, 0.6) is 23.0 Å². The van der Waals surface area contributed by atoms with Crippen LogP contribution in [0.1, 0.15) is 109 Å². The number of nitrogens with one attached hydrogen (secondary N) is 4. The molecule has 3 aliphatic heterocycles. The number of amides is 4. The molecule has 0 radical (unpaired) electrons. The third kappa shape index (κ3) is 6.49. The number of aromatic amines is 2. The molecule has 7 aliphatic rings. The van der Waals surface area contributed by atoms with Gasteiger partial charge in [0.2, 0.25) is 11.8 Å². The number of likely N-dealkylation sites (tertiary alicyclic amines) is 2. The topological polar surface area (TPSA) is 193 Å². The van der Waals surface area contributed by atoms with Gasteiger partial charge in [-0.05, 0) is 118 Å². The van der Waals surface area contributed by atoms with Crippen LogP contribution in [0.3, 0.4) is 0 Å². The molecule has 4 saturated carbocycles. The predicted octanol–water partition coefficient (Wildman–Crippen LogP) is 8.50. The number of methoxy groups -OCH3 is 2. The Morgan fingerprint density at radius 3 is 1.97 bits per heavy atom. The Balaban J connectivity index is 0.832. The number of halogens is 1. The van der Waals surface area contributed by atoms with E-state index in [1.165, 1.54) is 14.2 Å². The molecule has 5 heterocycles. The van der Waals surface area contributed by atoms with Crippen LogP contribution in [0.15, 0.2) is 48.8 Å². The number of fused-ring (bicyclic) bond motifs is 7. The zero-order chi connectivity index (χ0) is 47.4. The normalized spacial score (nSPS) is 30.2. The molecule has 4 aromatic rings. The molecule has 6 fully saturated rings. The van der Waals surface area contributed by atoms with E-state index in [2.05, 4.69) is 25.5 Å². The molecule has 16 nitrogen and oxygen atoms in total. The Morgan fingerprint density at radius 1 is 0.750 bits per heavy atom. The molecule has 2 saturated heterocycles. The van der Waals surface area contributed by atoms with Crippen LogP contribution < -0.4 is 20.1 Å². The van der Waals surface area contributed by atoms with Crippen LogP contribution in [-0.2, 0) is 24.5 Å². The van der Waals surface area contributed by atoms with Crippen molar-refractivity contribution in [3.05, 3.63) is 60.4 Å². The fourth-order valence-electron chi connectivity index (χ4n) is 14.0. The van der Waals surface area contributed by atoms with Gasteiger partial charge in [0, 0.05) is 29.5 Å². The summed E-state index contributed by atoms with van der Waals surface area (Å²) in [6, 6.07) is 10.2. The van der Waals surface area contributed by atoms with Gasteiger partial charge in [0.1, 0.15) is 29.9 Å². The summed E-state index contributed by atoms with van der Waals surface area (Å²) in [5.41, 5.74) is 1.84. The van der Waals surface area contributed by atoms with Crippen LogP contribution in [0, 0.1) is 23.7 Å². The van der Waals surface area contributed by atoms with Gasteiger partial charge in [-0.25, -0.2) is 23.9 Å². The smallest absolute Gasteiger partial charge is 0.407 e. The van der Waals surface area contributed by atoms with Crippen molar-refractivity contribution in [1.82, 2.24) is 40.4 Å². The number of rotatable bonds is 10. The number of H-pyrrole nitrogens is 2. The predicted molar refractivity (Wildman–Crippen MR) is 247 cm³/mol. The van der Waals surface area contributed by atoms with Crippen LogP contribution in [0.4, 0.5) is 14.0 Å². The second-order valence-electron chi connectivity index (χ2n) is 21.1. The van der Waals surface area contributed by atoms with E-state index >= 15 is 4.39 Å². The van der Waals surface area contributed by atoms with E-state index in [1.807, 2.05) is 70.3 Å². The summed E-state index contributed by atoms with van der Waals surface area (Å²) in [6.07, 6.45) is 9.75. The first kappa shape index (κ1) is 44.4. The number of aromatic nitrogens is 4. The number of hydrogen-bond acceptors (Lipinski definition) is 10. The maximum Gasteiger partial charge on any atom is 0.407 e.